The lowest BCUT2D eigenvalue weighted by atomic mass is 9.98. The average molecular weight is 344 g/mol. The van der Waals surface area contributed by atoms with Gasteiger partial charge in [-0.2, -0.15) is 0 Å². The number of unbranched alkanes of at least 4 members (excludes halogenated alkanes) is 1. The van der Waals surface area contributed by atoms with E-state index in [1.165, 1.54) is 6.92 Å². The van der Waals surface area contributed by atoms with Gasteiger partial charge in [-0.15, -0.1) is 0 Å². The molecule has 0 radical (unpaired) electrons. The van der Waals surface area contributed by atoms with Gasteiger partial charge in [-0.1, -0.05) is 19.8 Å². The van der Waals surface area contributed by atoms with Crippen LogP contribution < -0.4 is 0 Å². The minimum Gasteiger partial charge on any atom is -0.481 e. The predicted octanol–water partition coefficient (Wildman–Crippen LogP) is 3.64. The first kappa shape index (κ1) is 20.3. The molecule has 0 aliphatic heterocycles. The lowest BCUT2D eigenvalue weighted by Crippen LogP contribution is -2.26. The van der Waals surface area contributed by atoms with Gasteiger partial charge >= 0.3 is 18.1 Å². The van der Waals surface area contributed by atoms with Crippen LogP contribution in [-0.2, 0) is 23.8 Å². The summed E-state index contributed by atoms with van der Waals surface area (Å²) in [6.45, 7) is 3.10. The van der Waals surface area contributed by atoms with Gasteiger partial charge in [0.1, 0.15) is 6.10 Å². The van der Waals surface area contributed by atoms with E-state index in [9.17, 15) is 14.4 Å². The number of carboxylic acids is 1. The number of hydrogen-bond acceptors (Lipinski definition) is 6. The van der Waals surface area contributed by atoms with Crippen LogP contribution in [0.15, 0.2) is 0 Å². The summed E-state index contributed by atoms with van der Waals surface area (Å²) in [6, 6.07) is 0. The van der Waals surface area contributed by atoms with Crippen molar-refractivity contribution in [2.75, 3.05) is 0 Å². The van der Waals surface area contributed by atoms with Crippen molar-refractivity contribution < 1.29 is 33.7 Å². The molecule has 7 nitrogen and oxygen atoms in total. The Kier molecular flexibility index (Phi) is 9.19. The Morgan fingerprint density at radius 1 is 1.04 bits per heavy atom. The highest BCUT2D eigenvalue weighted by atomic mass is 16.8. The van der Waals surface area contributed by atoms with Crippen molar-refractivity contribution in [1.82, 2.24) is 0 Å². The molecule has 7 heteroatoms. The van der Waals surface area contributed by atoms with E-state index in [0.717, 1.165) is 32.1 Å². The maximum absolute atomic E-state index is 11.6. The molecule has 2 atom stereocenters. The van der Waals surface area contributed by atoms with Crippen LogP contribution in [0.4, 0.5) is 4.79 Å². The first-order valence-electron chi connectivity index (χ1n) is 8.68. The van der Waals surface area contributed by atoms with Crippen molar-refractivity contribution in [2.45, 2.75) is 84.0 Å². The first-order valence-corrected chi connectivity index (χ1v) is 8.68. The molecule has 0 bridgehead atoms. The Hall–Kier alpha value is -1.79. The normalized spacial score (nSPS) is 17.6. The summed E-state index contributed by atoms with van der Waals surface area (Å²) in [6.07, 6.45) is 4.88. The molecule has 0 aromatic carbocycles. The Balaban J connectivity index is 2.12. The molecule has 1 fully saturated rings. The summed E-state index contributed by atoms with van der Waals surface area (Å²) >= 11 is 0. The number of carbonyl (C=O) groups excluding carboxylic acids is 2. The molecule has 1 saturated carbocycles. The van der Waals surface area contributed by atoms with Crippen LogP contribution in [0.5, 0.6) is 0 Å². The minimum atomic E-state index is -0.994. The van der Waals surface area contributed by atoms with Crippen molar-refractivity contribution in [2.24, 2.45) is 5.92 Å². The Morgan fingerprint density at radius 3 is 2.33 bits per heavy atom. The second-order valence-electron chi connectivity index (χ2n) is 6.29. The Bertz CT molecular complexity index is 415. The van der Waals surface area contributed by atoms with E-state index in [4.69, 9.17) is 19.3 Å². The molecule has 24 heavy (non-hydrogen) atoms. The van der Waals surface area contributed by atoms with Gasteiger partial charge in [0.2, 0.25) is 6.29 Å². The third-order valence-electron chi connectivity index (χ3n) is 4.06. The number of carbonyl (C=O) groups is 3. The summed E-state index contributed by atoms with van der Waals surface area (Å²) in [5.41, 5.74) is 0. The summed E-state index contributed by atoms with van der Waals surface area (Å²) in [5.74, 6) is -1.73. The summed E-state index contributed by atoms with van der Waals surface area (Å²) < 4.78 is 15.1. The lowest BCUT2D eigenvalue weighted by Gasteiger charge is -2.22. The van der Waals surface area contributed by atoms with Gasteiger partial charge in [0.15, 0.2) is 0 Å². The zero-order valence-electron chi connectivity index (χ0n) is 14.5. The van der Waals surface area contributed by atoms with E-state index in [0.29, 0.717) is 19.3 Å². The van der Waals surface area contributed by atoms with Crippen molar-refractivity contribution >= 4 is 18.1 Å². The zero-order chi connectivity index (χ0) is 17.9. The third-order valence-corrected chi connectivity index (χ3v) is 4.06. The Morgan fingerprint density at radius 2 is 1.71 bits per heavy atom. The number of esters is 1. The molecule has 0 aromatic heterocycles. The molecule has 0 saturated heterocycles. The van der Waals surface area contributed by atoms with Crippen LogP contribution in [-0.4, -0.2) is 35.6 Å². The second-order valence-corrected chi connectivity index (χ2v) is 6.29. The standard InChI is InChI=1S/C17H28O7/c1-12(16(19)20)8-6-7-11-15(18)22-13(2)23-17(21)24-14-9-4-3-5-10-14/h12-14H,3-11H2,1-2H3,(H,19,20). The number of carboxylic acid groups (broad SMARTS) is 1. The summed E-state index contributed by atoms with van der Waals surface area (Å²) in [7, 11) is 0. The molecule has 0 spiro atoms. The highest BCUT2D eigenvalue weighted by molar-refractivity contribution is 5.70. The van der Waals surface area contributed by atoms with Gasteiger partial charge in [-0.3, -0.25) is 9.59 Å². The first-order chi connectivity index (χ1) is 11.4. The van der Waals surface area contributed by atoms with Gasteiger partial charge in [0, 0.05) is 13.3 Å². The van der Waals surface area contributed by atoms with Gasteiger partial charge in [-0.05, 0) is 38.5 Å². The van der Waals surface area contributed by atoms with E-state index >= 15 is 0 Å². The number of rotatable bonds is 9. The highest BCUT2D eigenvalue weighted by Gasteiger charge is 2.21. The summed E-state index contributed by atoms with van der Waals surface area (Å²) in [4.78, 5) is 33.9. The molecule has 1 aliphatic carbocycles. The fraction of sp³-hybridized carbons (Fsp3) is 0.824. The molecular formula is C17H28O7. The highest BCUT2D eigenvalue weighted by Crippen LogP contribution is 2.21. The van der Waals surface area contributed by atoms with E-state index in [1.807, 2.05) is 0 Å². The van der Waals surface area contributed by atoms with Gasteiger partial charge in [-0.25, -0.2) is 4.79 Å². The quantitative estimate of drug-likeness (QED) is 0.387. The van der Waals surface area contributed by atoms with Crippen LogP contribution in [0.1, 0.15) is 71.6 Å². The Labute approximate surface area is 142 Å². The van der Waals surface area contributed by atoms with Gasteiger partial charge in [0.05, 0.1) is 5.92 Å². The van der Waals surface area contributed by atoms with Crippen molar-refractivity contribution in [3.63, 3.8) is 0 Å². The fourth-order valence-corrected chi connectivity index (χ4v) is 2.59. The summed E-state index contributed by atoms with van der Waals surface area (Å²) in [5, 5.41) is 8.76. The average Bonchev–Trinajstić information content (AvgIpc) is 2.51. The van der Waals surface area contributed by atoms with E-state index in [1.54, 1.807) is 6.92 Å². The largest absolute Gasteiger partial charge is 0.511 e. The number of aliphatic carboxylic acids is 1. The van der Waals surface area contributed by atoms with E-state index in [2.05, 4.69) is 0 Å². The van der Waals surface area contributed by atoms with Crippen LogP contribution >= 0.6 is 0 Å². The molecule has 1 rings (SSSR count). The van der Waals surface area contributed by atoms with Crippen LogP contribution in [0.25, 0.3) is 0 Å². The van der Waals surface area contributed by atoms with Crippen LogP contribution in [0, 0.1) is 5.92 Å². The van der Waals surface area contributed by atoms with E-state index < -0.39 is 30.3 Å². The van der Waals surface area contributed by atoms with Crippen LogP contribution in [0.2, 0.25) is 0 Å². The second kappa shape index (κ2) is 10.9. The molecule has 1 N–H and O–H groups in total. The van der Waals surface area contributed by atoms with Crippen molar-refractivity contribution in [1.29, 1.82) is 0 Å². The maximum atomic E-state index is 11.6. The predicted molar refractivity (Wildman–Crippen MR) is 85.3 cm³/mol. The molecular weight excluding hydrogens is 316 g/mol. The van der Waals surface area contributed by atoms with E-state index in [-0.39, 0.29) is 12.5 Å². The monoisotopic (exact) mass is 344 g/mol. The maximum Gasteiger partial charge on any atom is 0.511 e. The molecule has 2 unspecified atom stereocenters. The smallest absolute Gasteiger partial charge is 0.481 e. The van der Waals surface area contributed by atoms with Crippen LogP contribution in [0.3, 0.4) is 0 Å². The minimum absolute atomic E-state index is 0.106. The molecule has 1 aliphatic rings. The van der Waals surface area contributed by atoms with Crippen molar-refractivity contribution in [3.8, 4) is 0 Å². The lowest BCUT2D eigenvalue weighted by molar-refractivity contribution is -0.169. The number of hydrogen-bond donors (Lipinski definition) is 1. The zero-order valence-corrected chi connectivity index (χ0v) is 14.5. The fourth-order valence-electron chi connectivity index (χ4n) is 2.59. The third kappa shape index (κ3) is 8.74. The molecule has 0 aromatic rings. The number of ether oxygens (including phenoxy) is 3. The van der Waals surface area contributed by atoms with Gasteiger partial charge < -0.3 is 19.3 Å². The molecule has 0 amide bonds. The topological polar surface area (TPSA) is 99.1 Å². The SMILES string of the molecule is CC(OC(=O)CCCCC(C)C(=O)O)OC(=O)OC1CCCCC1. The van der Waals surface area contributed by atoms with Crippen molar-refractivity contribution in [3.05, 3.63) is 0 Å². The molecule has 138 valence electrons. The van der Waals surface area contributed by atoms with Gasteiger partial charge in [0.25, 0.3) is 0 Å². The molecule has 0 heterocycles.